The number of anilines is 1. The van der Waals surface area contributed by atoms with Crippen molar-refractivity contribution in [1.29, 1.82) is 0 Å². The van der Waals surface area contributed by atoms with E-state index in [1.165, 1.54) is 11.1 Å². The molecule has 0 saturated carbocycles. The van der Waals surface area contributed by atoms with Gasteiger partial charge in [-0.15, -0.1) is 0 Å². The Labute approximate surface area is 121 Å². The molecule has 0 aliphatic rings. The van der Waals surface area contributed by atoms with Crippen molar-refractivity contribution in [3.05, 3.63) is 59.3 Å². The Morgan fingerprint density at radius 3 is 2.55 bits per heavy atom. The number of hydrogen-bond acceptors (Lipinski definition) is 3. The van der Waals surface area contributed by atoms with Gasteiger partial charge in [-0.25, -0.2) is 4.98 Å². The molecule has 0 atom stereocenters. The van der Waals surface area contributed by atoms with Crippen LogP contribution in [0.2, 0.25) is 0 Å². The number of hydrogen-bond donors (Lipinski definition) is 1. The van der Waals surface area contributed by atoms with Crippen LogP contribution in [0.5, 0.6) is 0 Å². The van der Waals surface area contributed by atoms with Gasteiger partial charge in [0.15, 0.2) is 0 Å². The smallest absolute Gasteiger partial charge is 0.128 e. The highest BCUT2D eigenvalue weighted by molar-refractivity contribution is 5.42. The highest BCUT2D eigenvalue weighted by Gasteiger charge is 2.05. The molecule has 1 heterocycles. The monoisotopic (exact) mass is 269 g/mol. The van der Waals surface area contributed by atoms with Crippen molar-refractivity contribution in [2.75, 3.05) is 25.5 Å². The summed E-state index contributed by atoms with van der Waals surface area (Å²) in [5, 5.41) is 3.19. The molecule has 3 heteroatoms. The van der Waals surface area contributed by atoms with E-state index >= 15 is 0 Å². The van der Waals surface area contributed by atoms with E-state index in [0.717, 1.165) is 31.0 Å². The second kappa shape index (κ2) is 7.06. The fraction of sp³-hybridized carbons (Fsp3) is 0.353. The van der Waals surface area contributed by atoms with E-state index in [1.54, 1.807) is 0 Å². The maximum Gasteiger partial charge on any atom is 0.128 e. The van der Waals surface area contributed by atoms with Gasteiger partial charge >= 0.3 is 0 Å². The van der Waals surface area contributed by atoms with Crippen LogP contribution in [0.3, 0.4) is 0 Å². The molecule has 20 heavy (non-hydrogen) atoms. The van der Waals surface area contributed by atoms with Gasteiger partial charge in [-0.05, 0) is 43.7 Å². The van der Waals surface area contributed by atoms with Crippen LogP contribution in [0, 0.1) is 6.92 Å². The zero-order chi connectivity index (χ0) is 14.4. The molecule has 106 valence electrons. The maximum atomic E-state index is 4.63. The third kappa shape index (κ3) is 4.07. The molecule has 1 aromatic heterocycles. The summed E-state index contributed by atoms with van der Waals surface area (Å²) < 4.78 is 0. The molecule has 0 fully saturated rings. The molecular weight excluding hydrogens is 246 g/mol. The quantitative estimate of drug-likeness (QED) is 0.874. The lowest BCUT2D eigenvalue weighted by molar-refractivity contribution is 0.806. The summed E-state index contributed by atoms with van der Waals surface area (Å²) in [6, 6.07) is 14.9. The fourth-order valence-electron chi connectivity index (χ4n) is 2.28. The SMILES string of the molecule is CNCc1cc(C)nc(N(C)CCc2ccccc2)c1. The molecule has 0 spiro atoms. The number of aromatic nitrogens is 1. The lowest BCUT2D eigenvalue weighted by atomic mass is 10.1. The van der Waals surface area contributed by atoms with Crippen molar-refractivity contribution in [2.24, 2.45) is 0 Å². The van der Waals surface area contributed by atoms with E-state index in [9.17, 15) is 0 Å². The molecular formula is C17H23N3. The van der Waals surface area contributed by atoms with Gasteiger partial charge in [0.05, 0.1) is 0 Å². The van der Waals surface area contributed by atoms with Gasteiger partial charge in [0.1, 0.15) is 5.82 Å². The summed E-state index contributed by atoms with van der Waals surface area (Å²) in [6.07, 6.45) is 1.04. The van der Waals surface area contributed by atoms with Crippen LogP contribution in [0.15, 0.2) is 42.5 Å². The Balaban J connectivity index is 2.03. The van der Waals surface area contributed by atoms with Crippen molar-refractivity contribution in [3.8, 4) is 0 Å². The molecule has 1 N–H and O–H groups in total. The van der Waals surface area contributed by atoms with Gasteiger partial charge in [0, 0.05) is 25.8 Å². The second-order valence-corrected chi connectivity index (χ2v) is 5.16. The van der Waals surface area contributed by atoms with E-state index in [2.05, 4.69) is 64.7 Å². The number of aryl methyl sites for hydroxylation is 1. The van der Waals surface area contributed by atoms with Crippen LogP contribution < -0.4 is 10.2 Å². The van der Waals surface area contributed by atoms with Gasteiger partial charge in [0.25, 0.3) is 0 Å². The van der Waals surface area contributed by atoms with Crippen molar-refractivity contribution in [1.82, 2.24) is 10.3 Å². The summed E-state index contributed by atoms with van der Waals surface area (Å²) >= 11 is 0. The van der Waals surface area contributed by atoms with Gasteiger partial charge in [-0.1, -0.05) is 30.3 Å². The van der Waals surface area contributed by atoms with Crippen molar-refractivity contribution in [2.45, 2.75) is 19.9 Å². The fourth-order valence-corrected chi connectivity index (χ4v) is 2.28. The predicted molar refractivity (Wildman–Crippen MR) is 85.2 cm³/mol. The summed E-state index contributed by atoms with van der Waals surface area (Å²) in [6.45, 7) is 3.90. The minimum atomic E-state index is 0.878. The number of rotatable bonds is 6. The molecule has 1 aromatic carbocycles. The lowest BCUT2D eigenvalue weighted by Gasteiger charge is -2.19. The number of likely N-dealkylation sites (N-methyl/N-ethyl adjacent to an activating group) is 1. The van der Waals surface area contributed by atoms with Gasteiger partial charge < -0.3 is 10.2 Å². The normalized spacial score (nSPS) is 10.6. The molecule has 0 unspecified atom stereocenters. The van der Waals surface area contributed by atoms with Gasteiger partial charge in [-0.2, -0.15) is 0 Å². The number of nitrogens with one attached hydrogen (secondary N) is 1. The van der Waals surface area contributed by atoms with E-state index in [-0.39, 0.29) is 0 Å². The second-order valence-electron chi connectivity index (χ2n) is 5.16. The average molecular weight is 269 g/mol. The van der Waals surface area contributed by atoms with E-state index in [0.29, 0.717) is 0 Å². The molecule has 0 aliphatic carbocycles. The average Bonchev–Trinajstić information content (AvgIpc) is 2.45. The van der Waals surface area contributed by atoms with E-state index in [4.69, 9.17) is 0 Å². The van der Waals surface area contributed by atoms with Crippen molar-refractivity contribution >= 4 is 5.82 Å². The first-order valence-corrected chi connectivity index (χ1v) is 7.06. The van der Waals surface area contributed by atoms with Crippen LogP contribution in [-0.2, 0) is 13.0 Å². The largest absolute Gasteiger partial charge is 0.359 e. The zero-order valence-electron chi connectivity index (χ0n) is 12.6. The molecule has 0 aliphatic heterocycles. The Kier molecular flexibility index (Phi) is 5.13. The summed E-state index contributed by atoms with van der Waals surface area (Å²) in [7, 11) is 4.07. The number of benzene rings is 1. The molecule has 3 nitrogen and oxygen atoms in total. The zero-order valence-corrected chi connectivity index (χ0v) is 12.6. The van der Waals surface area contributed by atoms with Crippen LogP contribution in [0.25, 0.3) is 0 Å². The van der Waals surface area contributed by atoms with Gasteiger partial charge in [-0.3, -0.25) is 0 Å². The number of nitrogens with zero attached hydrogens (tertiary/aromatic N) is 2. The van der Waals surface area contributed by atoms with Crippen LogP contribution in [-0.4, -0.2) is 25.6 Å². The molecule has 0 amide bonds. The summed E-state index contributed by atoms with van der Waals surface area (Å²) in [4.78, 5) is 6.85. The van der Waals surface area contributed by atoms with Crippen LogP contribution in [0.4, 0.5) is 5.82 Å². The van der Waals surface area contributed by atoms with Gasteiger partial charge in [0.2, 0.25) is 0 Å². The third-order valence-electron chi connectivity index (χ3n) is 3.35. The Morgan fingerprint density at radius 1 is 1.10 bits per heavy atom. The highest BCUT2D eigenvalue weighted by Crippen LogP contribution is 2.14. The Morgan fingerprint density at radius 2 is 1.85 bits per heavy atom. The first-order valence-electron chi connectivity index (χ1n) is 7.06. The van der Waals surface area contributed by atoms with Crippen molar-refractivity contribution in [3.63, 3.8) is 0 Å². The lowest BCUT2D eigenvalue weighted by Crippen LogP contribution is -2.22. The molecule has 0 bridgehead atoms. The minimum absolute atomic E-state index is 0.878. The Hall–Kier alpha value is -1.87. The molecule has 2 aromatic rings. The summed E-state index contributed by atoms with van der Waals surface area (Å²) in [5.41, 5.74) is 3.71. The topological polar surface area (TPSA) is 28.2 Å². The maximum absolute atomic E-state index is 4.63. The predicted octanol–water partition coefficient (Wildman–Crippen LogP) is 2.79. The highest BCUT2D eigenvalue weighted by atomic mass is 15.2. The number of pyridine rings is 1. The van der Waals surface area contributed by atoms with Crippen LogP contribution in [0.1, 0.15) is 16.8 Å². The third-order valence-corrected chi connectivity index (χ3v) is 3.35. The van der Waals surface area contributed by atoms with E-state index in [1.807, 2.05) is 14.0 Å². The Bertz CT molecular complexity index is 537. The minimum Gasteiger partial charge on any atom is -0.359 e. The first-order chi connectivity index (χ1) is 9.69. The molecule has 0 radical (unpaired) electrons. The van der Waals surface area contributed by atoms with E-state index < -0.39 is 0 Å². The van der Waals surface area contributed by atoms with Crippen LogP contribution >= 0.6 is 0 Å². The molecule has 0 saturated heterocycles. The first kappa shape index (κ1) is 14.5. The molecule has 2 rings (SSSR count). The summed E-state index contributed by atoms with van der Waals surface area (Å²) in [5.74, 6) is 1.05. The van der Waals surface area contributed by atoms with Crippen molar-refractivity contribution < 1.29 is 0 Å². The standard InChI is InChI=1S/C17H23N3/c1-14-11-16(13-18-2)12-17(19-14)20(3)10-9-15-7-5-4-6-8-15/h4-8,11-12,18H,9-10,13H2,1-3H3.